The van der Waals surface area contributed by atoms with Gasteiger partial charge in [0.1, 0.15) is 17.6 Å². The van der Waals surface area contributed by atoms with Crippen LogP contribution in [0.1, 0.15) is 27.5 Å². The zero-order valence-electron chi connectivity index (χ0n) is 18.5. The van der Waals surface area contributed by atoms with Gasteiger partial charge in [-0.05, 0) is 35.9 Å². The van der Waals surface area contributed by atoms with Crippen molar-refractivity contribution in [3.8, 4) is 17.6 Å². The van der Waals surface area contributed by atoms with Gasteiger partial charge in [-0.2, -0.15) is 10.2 Å². The van der Waals surface area contributed by atoms with E-state index in [1.165, 1.54) is 0 Å². The molecule has 8 heteroatoms. The largest absolute Gasteiger partial charge is 0.497 e. The lowest BCUT2D eigenvalue weighted by atomic mass is 10.1. The fraction of sp³-hybridized carbons (Fsp3) is 0.240. The van der Waals surface area contributed by atoms with Crippen molar-refractivity contribution in [3.05, 3.63) is 71.2 Å². The van der Waals surface area contributed by atoms with E-state index in [9.17, 15) is 10.1 Å². The molecule has 0 spiro atoms. The van der Waals surface area contributed by atoms with Crippen LogP contribution in [0.5, 0.6) is 11.5 Å². The molecule has 0 radical (unpaired) electrons. The molecule has 0 bridgehead atoms. The molecule has 0 saturated carbocycles. The Balaban J connectivity index is 1.45. The Morgan fingerprint density at radius 1 is 1.06 bits per heavy atom. The zero-order valence-corrected chi connectivity index (χ0v) is 18.5. The number of anilines is 1. The van der Waals surface area contributed by atoms with Gasteiger partial charge < -0.3 is 23.7 Å². The van der Waals surface area contributed by atoms with Crippen LogP contribution in [0.25, 0.3) is 12.2 Å². The van der Waals surface area contributed by atoms with Gasteiger partial charge >= 0.3 is 0 Å². The molecule has 1 saturated heterocycles. The first kappa shape index (κ1) is 22.0. The number of methoxy groups -OCH3 is 2. The quantitative estimate of drug-likeness (QED) is 0.572. The molecule has 1 aromatic heterocycles. The molecular formula is C25H24N4O4. The van der Waals surface area contributed by atoms with Crippen molar-refractivity contribution in [2.24, 2.45) is 0 Å². The number of para-hydroxylation sites is 1. The van der Waals surface area contributed by atoms with Crippen LogP contribution < -0.4 is 14.4 Å². The minimum Gasteiger partial charge on any atom is -0.497 e. The SMILES string of the molecule is COc1cccc(C=Cc2nc(C#N)c(N3CCN(C(=O)c4ccccc4OC)CC3)o2)c1. The van der Waals surface area contributed by atoms with Crippen molar-refractivity contribution in [1.29, 1.82) is 5.26 Å². The summed E-state index contributed by atoms with van der Waals surface area (Å²) in [7, 11) is 3.17. The van der Waals surface area contributed by atoms with E-state index in [-0.39, 0.29) is 11.6 Å². The lowest BCUT2D eigenvalue weighted by Gasteiger charge is -2.34. The second-order valence-corrected chi connectivity index (χ2v) is 7.41. The van der Waals surface area contributed by atoms with E-state index in [0.29, 0.717) is 49.3 Å². The molecule has 1 aliphatic rings. The summed E-state index contributed by atoms with van der Waals surface area (Å²) in [6.45, 7) is 2.06. The third kappa shape index (κ3) is 4.83. The number of carbonyl (C=O) groups is 1. The number of nitriles is 1. The summed E-state index contributed by atoms with van der Waals surface area (Å²) >= 11 is 0. The molecule has 0 unspecified atom stereocenters. The standard InChI is InChI=1S/C25H24N4O4/c1-31-19-7-5-6-18(16-19)10-11-23-27-21(17-26)25(33-23)29-14-12-28(13-15-29)24(30)20-8-3-4-9-22(20)32-2/h3-11,16H,12-15H2,1-2H3. The highest BCUT2D eigenvalue weighted by atomic mass is 16.5. The van der Waals surface area contributed by atoms with Crippen LogP contribution in [-0.2, 0) is 0 Å². The molecule has 0 aliphatic carbocycles. The van der Waals surface area contributed by atoms with Crippen LogP contribution in [0.4, 0.5) is 5.88 Å². The average Bonchev–Trinajstić information content (AvgIpc) is 3.30. The van der Waals surface area contributed by atoms with Crippen LogP contribution in [0.3, 0.4) is 0 Å². The van der Waals surface area contributed by atoms with Crippen LogP contribution >= 0.6 is 0 Å². The van der Waals surface area contributed by atoms with Crippen molar-refractivity contribution in [1.82, 2.24) is 9.88 Å². The van der Waals surface area contributed by atoms with Gasteiger partial charge in [-0.15, -0.1) is 0 Å². The van der Waals surface area contributed by atoms with Crippen molar-refractivity contribution in [2.45, 2.75) is 0 Å². The monoisotopic (exact) mass is 444 g/mol. The Morgan fingerprint density at radius 2 is 1.85 bits per heavy atom. The normalized spacial score (nSPS) is 13.7. The van der Waals surface area contributed by atoms with E-state index in [2.05, 4.69) is 11.1 Å². The minimum absolute atomic E-state index is 0.0768. The molecule has 1 amide bonds. The molecular weight excluding hydrogens is 420 g/mol. The fourth-order valence-electron chi connectivity index (χ4n) is 3.70. The van der Waals surface area contributed by atoms with E-state index < -0.39 is 0 Å². The molecule has 0 N–H and O–H groups in total. The molecule has 33 heavy (non-hydrogen) atoms. The third-order valence-electron chi connectivity index (χ3n) is 5.44. The summed E-state index contributed by atoms with van der Waals surface area (Å²) in [5.41, 5.74) is 1.69. The molecule has 1 fully saturated rings. The summed E-state index contributed by atoms with van der Waals surface area (Å²) in [6.07, 6.45) is 3.57. The number of aromatic nitrogens is 1. The molecule has 4 rings (SSSR count). The number of ether oxygens (including phenoxy) is 2. The lowest BCUT2D eigenvalue weighted by molar-refractivity contribution is 0.0742. The predicted octanol–water partition coefficient (Wildman–Crippen LogP) is 3.70. The van der Waals surface area contributed by atoms with Gasteiger partial charge in [-0.3, -0.25) is 4.79 Å². The van der Waals surface area contributed by atoms with E-state index in [1.54, 1.807) is 37.3 Å². The van der Waals surface area contributed by atoms with Crippen LogP contribution in [0, 0.1) is 11.3 Å². The average molecular weight is 444 g/mol. The number of hydrogen-bond donors (Lipinski definition) is 0. The number of hydrogen-bond acceptors (Lipinski definition) is 7. The number of oxazole rings is 1. The van der Waals surface area contributed by atoms with Crippen LogP contribution in [0.15, 0.2) is 52.9 Å². The summed E-state index contributed by atoms with van der Waals surface area (Å²) in [5.74, 6) is 2.00. The highest BCUT2D eigenvalue weighted by Crippen LogP contribution is 2.26. The second kappa shape index (κ2) is 9.92. The van der Waals surface area contributed by atoms with Crippen molar-refractivity contribution < 1.29 is 18.7 Å². The molecule has 1 aliphatic heterocycles. The number of piperazine rings is 1. The second-order valence-electron chi connectivity index (χ2n) is 7.41. The number of nitrogens with zero attached hydrogens (tertiary/aromatic N) is 4. The number of rotatable bonds is 6. The van der Waals surface area contributed by atoms with Gasteiger partial charge in [-0.1, -0.05) is 24.3 Å². The Morgan fingerprint density at radius 3 is 2.58 bits per heavy atom. The Hall–Kier alpha value is -4.25. The molecule has 0 atom stereocenters. The molecule has 3 aromatic rings. The maximum Gasteiger partial charge on any atom is 0.257 e. The van der Waals surface area contributed by atoms with Gasteiger partial charge in [-0.25, -0.2) is 0 Å². The highest BCUT2D eigenvalue weighted by molar-refractivity contribution is 5.97. The maximum absolute atomic E-state index is 12.9. The smallest absolute Gasteiger partial charge is 0.257 e. The van der Waals surface area contributed by atoms with Gasteiger partial charge in [0, 0.05) is 32.3 Å². The van der Waals surface area contributed by atoms with Crippen LogP contribution in [0.2, 0.25) is 0 Å². The minimum atomic E-state index is -0.0768. The van der Waals surface area contributed by atoms with Gasteiger partial charge in [0.05, 0.1) is 19.8 Å². The van der Waals surface area contributed by atoms with E-state index >= 15 is 0 Å². The first-order valence-electron chi connectivity index (χ1n) is 10.5. The van der Waals surface area contributed by atoms with Crippen molar-refractivity contribution in [2.75, 3.05) is 45.3 Å². The summed E-state index contributed by atoms with van der Waals surface area (Å²) < 4.78 is 16.4. The number of carbonyl (C=O) groups excluding carboxylic acids is 1. The fourth-order valence-corrected chi connectivity index (χ4v) is 3.70. The molecule has 8 nitrogen and oxygen atoms in total. The topological polar surface area (TPSA) is 91.8 Å². The molecule has 2 aromatic carbocycles. The number of amides is 1. The Kier molecular flexibility index (Phi) is 6.60. The summed E-state index contributed by atoms with van der Waals surface area (Å²) in [6, 6.07) is 16.9. The summed E-state index contributed by atoms with van der Waals surface area (Å²) in [5, 5.41) is 9.54. The van der Waals surface area contributed by atoms with Gasteiger partial charge in [0.2, 0.25) is 17.5 Å². The highest BCUT2D eigenvalue weighted by Gasteiger charge is 2.27. The van der Waals surface area contributed by atoms with Gasteiger partial charge in [0.25, 0.3) is 5.91 Å². The van der Waals surface area contributed by atoms with Crippen molar-refractivity contribution >= 4 is 23.9 Å². The maximum atomic E-state index is 12.9. The lowest BCUT2D eigenvalue weighted by Crippen LogP contribution is -2.49. The van der Waals surface area contributed by atoms with Gasteiger partial charge in [0.15, 0.2) is 0 Å². The predicted molar refractivity (Wildman–Crippen MR) is 124 cm³/mol. The van der Waals surface area contributed by atoms with E-state index in [0.717, 1.165) is 11.3 Å². The summed E-state index contributed by atoms with van der Waals surface area (Å²) in [4.78, 5) is 21.0. The Bertz CT molecular complexity index is 1200. The van der Waals surface area contributed by atoms with Crippen LogP contribution in [-0.4, -0.2) is 56.2 Å². The van der Waals surface area contributed by atoms with E-state index in [4.69, 9.17) is 13.9 Å². The first-order chi connectivity index (χ1) is 16.1. The molecule has 168 valence electrons. The zero-order chi connectivity index (χ0) is 23.2. The Labute approximate surface area is 192 Å². The number of benzene rings is 2. The van der Waals surface area contributed by atoms with E-state index in [1.807, 2.05) is 47.4 Å². The first-order valence-corrected chi connectivity index (χ1v) is 10.5. The van der Waals surface area contributed by atoms with Crippen molar-refractivity contribution in [3.63, 3.8) is 0 Å². The third-order valence-corrected chi connectivity index (χ3v) is 5.44. The molecule has 2 heterocycles.